The van der Waals surface area contributed by atoms with Gasteiger partial charge < -0.3 is 5.11 Å². The third kappa shape index (κ3) is 1.46. The van der Waals surface area contributed by atoms with Gasteiger partial charge in [-0.3, -0.25) is 0 Å². The van der Waals surface area contributed by atoms with Crippen molar-refractivity contribution in [3.8, 4) is 11.6 Å². The van der Waals surface area contributed by atoms with E-state index in [1.807, 2.05) is 20.0 Å². The molecule has 0 aliphatic heterocycles. The second kappa shape index (κ2) is 3.14. The minimum atomic E-state index is 0.176. The number of hydrogen-bond donors (Lipinski definition) is 1. The lowest BCUT2D eigenvalue weighted by atomic mass is 10.3. The predicted octanol–water partition coefficient (Wildman–Crippen LogP) is 1.59. The van der Waals surface area contributed by atoms with Crippen LogP contribution in [0, 0.1) is 13.8 Å². The van der Waals surface area contributed by atoms with Gasteiger partial charge in [0.1, 0.15) is 5.75 Å². The molecule has 0 aliphatic rings. The van der Waals surface area contributed by atoms with Crippen LogP contribution in [0.15, 0.2) is 24.7 Å². The Morgan fingerprint density at radius 3 is 2.64 bits per heavy atom. The van der Waals surface area contributed by atoms with Gasteiger partial charge in [-0.05, 0) is 31.0 Å². The summed E-state index contributed by atoms with van der Waals surface area (Å²) < 4.78 is 1.70. The number of hydrogen-bond acceptors (Lipinski definition) is 3. The molecular weight excluding hydrogens is 178 g/mol. The van der Waals surface area contributed by atoms with Crippen LogP contribution in [-0.2, 0) is 0 Å². The van der Waals surface area contributed by atoms with Gasteiger partial charge in [-0.25, -0.2) is 9.67 Å². The van der Waals surface area contributed by atoms with Crippen LogP contribution in [0.5, 0.6) is 5.75 Å². The van der Waals surface area contributed by atoms with Crippen molar-refractivity contribution in [3.63, 3.8) is 0 Å². The van der Waals surface area contributed by atoms with Crippen LogP contribution >= 0.6 is 0 Å². The second-order valence-corrected chi connectivity index (χ2v) is 3.30. The summed E-state index contributed by atoms with van der Waals surface area (Å²) in [7, 11) is 0. The van der Waals surface area contributed by atoms with Gasteiger partial charge in [0, 0.05) is 6.20 Å². The Hall–Kier alpha value is -1.84. The van der Waals surface area contributed by atoms with Gasteiger partial charge in [0.05, 0.1) is 12.4 Å². The Balaban J connectivity index is 2.52. The SMILES string of the molecule is Cc1cnn(-c2ncc(O)cc2C)c1. The summed E-state index contributed by atoms with van der Waals surface area (Å²) in [5.41, 5.74) is 1.98. The molecule has 0 radical (unpaired) electrons. The normalized spacial score (nSPS) is 10.4. The monoisotopic (exact) mass is 189 g/mol. The van der Waals surface area contributed by atoms with Crippen molar-refractivity contribution in [1.29, 1.82) is 0 Å². The molecule has 2 aromatic heterocycles. The topological polar surface area (TPSA) is 50.9 Å². The molecule has 0 atom stereocenters. The Labute approximate surface area is 81.8 Å². The van der Waals surface area contributed by atoms with Crippen LogP contribution < -0.4 is 0 Å². The third-order valence-electron chi connectivity index (χ3n) is 1.96. The van der Waals surface area contributed by atoms with E-state index in [0.717, 1.165) is 16.9 Å². The van der Waals surface area contributed by atoms with E-state index in [4.69, 9.17) is 0 Å². The number of nitrogens with zero attached hydrogens (tertiary/aromatic N) is 3. The highest BCUT2D eigenvalue weighted by molar-refractivity contribution is 5.36. The second-order valence-electron chi connectivity index (χ2n) is 3.30. The molecule has 4 nitrogen and oxygen atoms in total. The van der Waals surface area contributed by atoms with Crippen LogP contribution in [-0.4, -0.2) is 19.9 Å². The molecule has 2 aromatic rings. The molecule has 0 aliphatic carbocycles. The summed E-state index contributed by atoms with van der Waals surface area (Å²) >= 11 is 0. The molecule has 0 aromatic carbocycles. The van der Waals surface area contributed by atoms with E-state index in [9.17, 15) is 5.11 Å². The molecule has 14 heavy (non-hydrogen) atoms. The summed E-state index contributed by atoms with van der Waals surface area (Å²) in [6, 6.07) is 1.67. The maximum absolute atomic E-state index is 9.20. The number of aryl methyl sites for hydroxylation is 2. The Morgan fingerprint density at radius 1 is 1.29 bits per heavy atom. The zero-order chi connectivity index (χ0) is 10.1. The molecule has 72 valence electrons. The molecule has 0 saturated carbocycles. The van der Waals surface area contributed by atoms with Crippen LogP contribution in [0.3, 0.4) is 0 Å². The fourth-order valence-electron chi connectivity index (χ4n) is 1.32. The standard InChI is InChI=1S/C10H11N3O/c1-7-4-12-13(6-7)10-8(2)3-9(14)5-11-10/h3-6,14H,1-2H3. The molecular formula is C10H11N3O. The zero-order valence-corrected chi connectivity index (χ0v) is 8.10. The predicted molar refractivity (Wildman–Crippen MR) is 52.5 cm³/mol. The highest BCUT2D eigenvalue weighted by atomic mass is 16.3. The van der Waals surface area contributed by atoms with Crippen molar-refractivity contribution < 1.29 is 5.11 Å². The minimum Gasteiger partial charge on any atom is -0.506 e. The zero-order valence-electron chi connectivity index (χ0n) is 8.10. The van der Waals surface area contributed by atoms with E-state index < -0.39 is 0 Å². The van der Waals surface area contributed by atoms with Gasteiger partial charge >= 0.3 is 0 Å². The molecule has 0 unspecified atom stereocenters. The van der Waals surface area contributed by atoms with Crippen molar-refractivity contribution in [2.75, 3.05) is 0 Å². The summed E-state index contributed by atoms with van der Waals surface area (Å²) in [6.45, 7) is 3.86. The van der Waals surface area contributed by atoms with Crippen LogP contribution in [0.4, 0.5) is 0 Å². The summed E-state index contributed by atoms with van der Waals surface area (Å²) in [5.74, 6) is 0.922. The van der Waals surface area contributed by atoms with Crippen LogP contribution in [0.25, 0.3) is 5.82 Å². The largest absolute Gasteiger partial charge is 0.506 e. The molecule has 1 N–H and O–H groups in total. The van der Waals surface area contributed by atoms with E-state index >= 15 is 0 Å². The van der Waals surface area contributed by atoms with Crippen molar-refractivity contribution in [2.24, 2.45) is 0 Å². The quantitative estimate of drug-likeness (QED) is 0.741. The molecule has 0 saturated heterocycles. The fourth-order valence-corrected chi connectivity index (χ4v) is 1.32. The molecule has 2 heterocycles. The van der Waals surface area contributed by atoms with Gasteiger partial charge in [-0.2, -0.15) is 5.10 Å². The fraction of sp³-hybridized carbons (Fsp3) is 0.200. The maximum atomic E-state index is 9.20. The lowest BCUT2D eigenvalue weighted by Gasteiger charge is -2.03. The molecule has 0 fully saturated rings. The average molecular weight is 189 g/mol. The summed E-state index contributed by atoms with van der Waals surface area (Å²) in [6.07, 6.45) is 5.08. The molecule has 0 spiro atoms. The molecule has 0 amide bonds. The molecule has 4 heteroatoms. The van der Waals surface area contributed by atoms with E-state index in [1.54, 1.807) is 16.9 Å². The minimum absolute atomic E-state index is 0.176. The third-order valence-corrected chi connectivity index (χ3v) is 1.96. The van der Waals surface area contributed by atoms with E-state index in [-0.39, 0.29) is 5.75 Å². The van der Waals surface area contributed by atoms with E-state index in [2.05, 4.69) is 10.1 Å². The van der Waals surface area contributed by atoms with Crippen molar-refractivity contribution in [2.45, 2.75) is 13.8 Å². The highest BCUT2D eigenvalue weighted by Crippen LogP contribution is 2.15. The van der Waals surface area contributed by atoms with Crippen LogP contribution in [0.2, 0.25) is 0 Å². The first-order valence-electron chi connectivity index (χ1n) is 4.34. The average Bonchev–Trinajstić information content (AvgIpc) is 2.51. The first-order chi connectivity index (χ1) is 6.66. The smallest absolute Gasteiger partial charge is 0.156 e. The lowest BCUT2D eigenvalue weighted by Crippen LogP contribution is -2.00. The van der Waals surface area contributed by atoms with Gasteiger partial charge in [-0.15, -0.1) is 0 Å². The summed E-state index contributed by atoms with van der Waals surface area (Å²) in [4.78, 5) is 4.11. The van der Waals surface area contributed by atoms with E-state index in [0.29, 0.717) is 0 Å². The van der Waals surface area contributed by atoms with Gasteiger partial charge in [-0.1, -0.05) is 0 Å². The maximum Gasteiger partial charge on any atom is 0.156 e. The van der Waals surface area contributed by atoms with Crippen molar-refractivity contribution in [1.82, 2.24) is 14.8 Å². The van der Waals surface area contributed by atoms with Gasteiger partial charge in [0.15, 0.2) is 5.82 Å². The number of aromatic hydroxyl groups is 1. The summed E-state index contributed by atoms with van der Waals surface area (Å²) in [5, 5.41) is 13.3. The molecule has 2 rings (SSSR count). The molecule has 0 bridgehead atoms. The van der Waals surface area contributed by atoms with Crippen molar-refractivity contribution in [3.05, 3.63) is 35.8 Å². The first kappa shape index (κ1) is 8.74. The van der Waals surface area contributed by atoms with Gasteiger partial charge in [0.25, 0.3) is 0 Å². The first-order valence-corrected chi connectivity index (χ1v) is 4.34. The van der Waals surface area contributed by atoms with E-state index in [1.165, 1.54) is 6.20 Å². The Kier molecular flexibility index (Phi) is 1.96. The number of rotatable bonds is 1. The highest BCUT2D eigenvalue weighted by Gasteiger charge is 2.04. The van der Waals surface area contributed by atoms with Crippen molar-refractivity contribution >= 4 is 0 Å². The number of aromatic nitrogens is 3. The van der Waals surface area contributed by atoms with Gasteiger partial charge in [0.2, 0.25) is 0 Å². The Bertz CT molecular complexity index is 462. The Morgan fingerprint density at radius 2 is 2.07 bits per heavy atom. The lowest BCUT2D eigenvalue weighted by molar-refractivity contribution is 0.471. The van der Waals surface area contributed by atoms with Crippen LogP contribution in [0.1, 0.15) is 11.1 Å². The number of pyridine rings is 1.